The fraction of sp³-hybridized carbons (Fsp3) is 0.462. The van der Waals surface area contributed by atoms with Gasteiger partial charge in [0.15, 0.2) is 0 Å². The molecule has 0 saturated heterocycles. The molecule has 0 fully saturated rings. The third-order valence-electron chi connectivity index (χ3n) is 2.55. The van der Waals surface area contributed by atoms with Crippen molar-refractivity contribution in [2.24, 2.45) is 0 Å². The first-order valence-electron chi connectivity index (χ1n) is 6.04. The number of aryl methyl sites for hydroxylation is 1. The van der Waals surface area contributed by atoms with Crippen LogP contribution in [-0.4, -0.2) is 26.3 Å². The lowest BCUT2D eigenvalue weighted by atomic mass is 10.2. The number of carbonyl (C=O) groups is 1. The highest BCUT2D eigenvalue weighted by atomic mass is 79.9. The maximum absolute atomic E-state index is 11.7. The maximum Gasteiger partial charge on any atom is 0.319 e. The second kappa shape index (κ2) is 8.40. The van der Waals surface area contributed by atoms with Crippen molar-refractivity contribution in [3.8, 4) is 0 Å². The van der Waals surface area contributed by atoms with E-state index in [4.69, 9.17) is 16.3 Å². The van der Waals surface area contributed by atoms with E-state index in [-0.39, 0.29) is 6.03 Å². The highest BCUT2D eigenvalue weighted by Crippen LogP contribution is 2.29. The van der Waals surface area contributed by atoms with Crippen molar-refractivity contribution in [1.29, 1.82) is 0 Å². The third-order valence-corrected chi connectivity index (χ3v) is 3.31. The summed E-state index contributed by atoms with van der Waals surface area (Å²) in [6, 6.07) is 3.41. The van der Waals surface area contributed by atoms with Crippen LogP contribution in [0.4, 0.5) is 10.5 Å². The molecular weight excluding hydrogens is 332 g/mol. The Bertz CT molecular complexity index is 418. The second-order valence-corrected chi connectivity index (χ2v) is 5.48. The van der Waals surface area contributed by atoms with Gasteiger partial charge in [-0.15, -0.1) is 0 Å². The molecule has 0 atom stereocenters. The highest BCUT2D eigenvalue weighted by Gasteiger charge is 2.09. The first-order chi connectivity index (χ1) is 9.04. The van der Waals surface area contributed by atoms with Crippen LogP contribution in [0.25, 0.3) is 0 Å². The van der Waals surface area contributed by atoms with Crippen molar-refractivity contribution >= 4 is 39.2 Å². The van der Waals surface area contributed by atoms with Crippen molar-refractivity contribution in [3.05, 3.63) is 27.2 Å². The number of rotatable bonds is 6. The summed E-state index contributed by atoms with van der Waals surface area (Å²) >= 11 is 9.45. The minimum Gasteiger partial charge on any atom is -0.385 e. The van der Waals surface area contributed by atoms with Crippen LogP contribution in [0.2, 0.25) is 5.02 Å². The summed E-state index contributed by atoms with van der Waals surface area (Å²) in [6.07, 6.45) is 1.81. The molecule has 1 aromatic carbocycles. The van der Waals surface area contributed by atoms with E-state index in [1.807, 2.05) is 13.0 Å². The monoisotopic (exact) mass is 348 g/mol. The van der Waals surface area contributed by atoms with Crippen LogP contribution < -0.4 is 10.6 Å². The predicted molar refractivity (Wildman–Crippen MR) is 82.0 cm³/mol. The van der Waals surface area contributed by atoms with Crippen molar-refractivity contribution in [1.82, 2.24) is 5.32 Å². The zero-order valence-corrected chi connectivity index (χ0v) is 13.4. The van der Waals surface area contributed by atoms with Crippen molar-refractivity contribution in [2.45, 2.75) is 19.8 Å². The van der Waals surface area contributed by atoms with Gasteiger partial charge in [-0.1, -0.05) is 27.5 Å². The van der Waals surface area contributed by atoms with Crippen LogP contribution in [0, 0.1) is 6.92 Å². The molecule has 2 N–H and O–H groups in total. The first-order valence-corrected chi connectivity index (χ1v) is 7.21. The maximum atomic E-state index is 11.7. The van der Waals surface area contributed by atoms with Gasteiger partial charge in [0.25, 0.3) is 0 Å². The molecule has 0 heterocycles. The number of amides is 2. The van der Waals surface area contributed by atoms with Crippen LogP contribution in [0.15, 0.2) is 16.6 Å². The van der Waals surface area contributed by atoms with E-state index < -0.39 is 0 Å². The number of carbonyl (C=O) groups excluding carboxylic acids is 1. The van der Waals surface area contributed by atoms with Gasteiger partial charge in [-0.2, -0.15) is 0 Å². The molecule has 1 aromatic rings. The molecule has 0 spiro atoms. The van der Waals surface area contributed by atoms with Crippen molar-refractivity contribution in [2.75, 3.05) is 25.6 Å². The van der Waals surface area contributed by atoms with Crippen LogP contribution >= 0.6 is 27.5 Å². The number of halogens is 2. The summed E-state index contributed by atoms with van der Waals surface area (Å²) in [5.41, 5.74) is 1.55. The van der Waals surface area contributed by atoms with Crippen LogP contribution in [0.5, 0.6) is 0 Å². The lowest BCUT2D eigenvalue weighted by molar-refractivity contribution is 0.192. The molecule has 1 rings (SSSR count). The molecule has 6 heteroatoms. The normalized spacial score (nSPS) is 10.3. The van der Waals surface area contributed by atoms with E-state index in [1.54, 1.807) is 13.2 Å². The summed E-state index contributed by atoms with van der Waals surface area (Å²) in [4.78, 5) is 11.7. The highest BCUT2D eigenvalue weighted by molar-refractivity contribution is 9.10. The summed E-state index contributed by atoms with van der Waals surface area (Å²) in [6.45, 7) is 3.22. The number of hydrogen-bond donors (Lipinski definition) is 2. The standard InChI is InChI=1S/C13H18BrClN2O2/c1-9-7-10(14)8-11(15)12(9)17-13(18)16-5-3-4-6-19-2/h7-8H,3-6H2,1-2H3,(H2,16,17,18). The van der Waals surface area contributed by atoms with Gasteiger partial charge in [-0.3, -0.25) is 0 Å². The third kappa shape index (κ3) is 5.80. The Balaban J connectivity index is 2.44. The lowest BCUT2D eigenvalue weighted by Crippen LogP contribution is -2.30. The van der Waals surface area contributed by atoms with E-state index in [0.717, 1.165) is 22.9 Å². The molecular formula is C13H18BrClN2O2. The summed E-state index contributed by atoms with van der Waals surface area (Å²) in [5, 5.41) is 6.06. The van der Waals surface area contributed by atoms with Gasteiger partial charge in [-0.25, -0.2) is 4.79 Å². The second-order valence-electron chi connectivity index (χ2n) is 4.16. The Morgan fingerprint density at radius 2 is 2.16 bits per heavy atom. The molecule has 0 unspecified atom stereocenters. The minimum atomic E-state index is -0.246. The van der Waals surface area contributed by atoms with Crippen LogP contribution in [0.3, 0.4) is 0 Å². The number of unbranched alkanes of at least 4 members (excludes halogenated alkanes) is 1. The largest absolute Gasteiger partial charge is 0.385 e. The van der Waals surface area contributed by atoms with Gasteiger partial charge in [0.1, 0.15) is 0 Å². The van der Waals surface area contributed by atoms with E-state index in [9.17, 15) is 4.79 Å². The topological polar surface area (TPSA) is 50.4 Å². The van der Waals surface area contributed by atoms with Gasteiger partial charge < -0.3 is 15.4 Å². The number of nitrogens with one attached hydrogen (secondary N) is 2. The molecule has 0 aliphatic heterocycles. The fourth-order valence-corrected chi connectivity index (χ4v) is 2.61. The summed E-state index contributed by atoms with van der Waals surface area (Å²) in [5.74, 6) is 0. The number of anilines is 1. The fourth-order valence-electron chi connectivity index (χ4n) is 1.59. The number of benzene rings is 1. The lowest BCUT2D eigenvalue weighted by Gasteiger charge is -2.12. The van der Waals surface area contributed by atoms with E-state index >= 15 is 0 Å². The van der Waals surface area contributed by atoms with Gasteiger partial charge in [0.05, 0.1) is 10.7 Å². The van der Waals surface area contributed by atoms with Gasteiger partial charge in [-0.05, 0) is 37.5 Å². The zero-order chi connectivity index (χ0) is 14.3. The Morgan fingerprint density at radius 3 is 2.79 bits per heavy atom. The predicted octanol–water partition coefficient (Wildman–Crippen LogP) is 3.96. The molecule has 2 amide bonds. The molecule has 0 aliphatic carbocycles. The van der Waals surface area contributed by atoms with Gasteiger partial charge in [0.2, 0.25) is 0 Å². The average molecular weight is 350 g/mol. The molecule has 0 bridgehead atoms. The average Bonchev–Trinajstić information content (AvgIpc) is 2.33. The minimum absolute atomic E-state index is 0.246. The van der Waals surface area contributed by atoms with E-state index in [1.165, 1.54) is 0 Å². The van der Waals surface area contributed by atoms with Crippen LogP contribution in [0.1, 0.15) is 18.4 Å². The number of hydrogen-bond acceptors (Lipinski definition) is 2. The first kappa shape index (κ1) is 16.3. The van der Waals surface area contributed by atoms with Crippen molar-refractivity contribution < 1.29 is 9.53 Å². The quantitative estimate of drug-likeness (QED) is 0.764. The summed E-state index contributed by atoms with van der Waals surface area (Å²) in [7, 11) is 1.67. The van der Waals surface area contributed by atoms with Crippen molar-refractivity contribution in [3.63, 3.8) is 0 Å². The van der Waals surface area contributed by atoms with E-state index in [2.05, 4.69) is 26.6 Å². The Kier molecular flexibility index (Phi) is 7.20. The molecule has 19 heavy (non-hydrogen) atoms. The Morgan fingerprint density at radius 1 is 1.42 bits per heavy atom. The van der Waals surface area contributed by atoms with Gasteiger partial charge in [0, 0.05) is 24.7 Å². The zero-order valence-electron chi connectivity index (χ0n) is 11.1. The molecule has 0 radical (unpaired) electrons. The molecule has 106 valence electrons. The SMILES string of the molecule is COCCCCNC(=O)Nc1c(C)cc(Br)cc1Cl. The Hall–Kier alpha value is -0.780. The number of methoxy groups -OCH3 is 1. The number of urea groups is 1. The molecule has 4 nitrogen and oxygen atoms in total. The molecule has 0 aliphatic rings. The van der Waals surface area contributed by atoms with E-state index in [0.29, 0.717) is 23.9 Å². The summed E-state index contributed by atoms with van der Waals surface area (Å²) < 4.78 is 5.83. The Labute approximate surface area is 127 Å². The molecule has 0 aromatic heterocycles. The number of ether oxygens (including phenoxy) is 1. The molecule has 0 saturated carbocycles. The van der Waals surface area contributed by atoms with Gasteiger partial charge >= 0.3 is 6.03 Å². The van der Waals surface area contributed by atoms with Crippen LogP contribution in [-0.2, 0) is 4.74 Å². The smallest absolute Gasteiger partial charge is 0.319 e.